The number of rotatable bonds is 18. The Balaban J connectivity index is 1.73. The van der Waals surface area contributed by atoms with E-state index in [-0.39, 0.29) is 62.6 Å². The van der Waals surface area contributed by atoms with E-state index in [1.54, 1.807) is 24.1 Å². The molecule has 1 aliphatic heterocycles. The fourth-order valence-corrected chi connectivity index (χ4v) is 8.34. The summed E-state index contributed by atoms with van der Waals surface area (Å²) in [5, 5.41) is 27.2. The number of carbonyl (C=O) groups is 2. The topological polar surface area (TPSA) is 148 Å². The van der Waals surface area contributed by atoms with Crippen molar-refractivity contribution in [3.05, 3.63) is 84.0 Å². The zero-order valence-corrected chi connectivity index (χ0v) is 33.7. The molecule has 1 saturated carbocycles. The van der Waals surface area contributed by atoms with Gasteiger partial charge in [-0.05, 0) is 79.2 Å². The van der Waals surface area contributed by atoms with Crippen molar-refractivity contribution in [2.24, 2.45) is 28.3 Å². The van der Waals surface area contributed by atoms with Gasteiger partial charge in [0.05, 0.1) is 24.8 Å². The van der Waals surface area contributed by atoms with Crippen LogP contribution in [-0.4, -0.2) is 84.9 Å². The minimum absolute atomic E-state index is 0.0199. The van der Waals surface area contributed by atoms with Gasteiger partial charge in [0.2, 0.25) is 5.79 Å². The van der Waals surface area contributed by atoms with Gasteiger partial charge in [-0.15, -0.1) is 6.58 Å². The van der Waals surface area contributed by atoms with Crippen molar-refractivity contribution in [3.63, 3.8) is 0 Å². The number of hydrogen-bond donors (Lipinski definition) is 3. The van der Waals surface area contributed by atoms with E-state index in [4.69, 9.17) is 28.9 Å². The fourth-order valence-electron chi connectivity index (χ4n) is 8.34. The van der Waals surface area contributed by atoms with Gasteiger partial charge in [-0.25, -0.2) is 9.59 Å². The first kappa shape index (κ1) is 42.7. The number of benzene rings is 2. The number of amides is 2. The molecule has 0 radical (unpaired) electrons. The largest absolute Gasteiger partial charge is 0.459 e. The van der Waals surface area contributed by atoms with E-state index in [0.29, 0.717) is 36.6 Å². The number of allylic oxidation sites excluding steroid dienone is 1. The first-order chi connectivity index (χ1) is 27.0. The van der Waals surface area contributed by atoms with Crippen LogP contribution in [0.4, 0.5) is 9.59 Å². The number of hydrogen-bond acceptors (Lipinski definition) is 10. The predicted molar refractivity (Wildman–Crippen MR) is 214 cm³/mol. The Bertz CT molecular complexity index is 1690. The fraction of sp³-hybridized carbons (Fsp3) is 0.568. The molecule has 2 aliphatic carbocycles. The molecule has 0 spiro atoms. The standard InChI is InChI=1S/C44H61N3O9/c1-7-24-53-44-38(47(6)42(51)52-29-43(3,4)5)27-36(46-54-28-30-16-10-9-11-17-30)34-25-31(18-12-14-22-48)33(19-13-15-23-49)39(40(34)44)35-26-32(20-21-37(35)56-44)55-41(50)45-8-2/h7,9-11,16-17,20-21,25-26,31,33,38-40,48-49H,1,8,12-15,18-19,22-24,27-29H2,2-6H3,(H,45,50). The number of oxime groups is 1. The second-order valence-electron chi connectivity index (χ2n) is 16.2. The summed E-state index contributed by atoms with van der Waals surface area (Å²) >= 11 is 0. The Hall–Kier alpha value is -4.39. The number of nitrogens with one attached hydrogen (secondary N) is 1. The lowest BCUT2D eigenvalue weighted by Gasteiger charge is -2.59. The highest BCUT2D eigenvalue weighted by Crippen LogP contribution is 2.61. The normalized spacial score (nSPS) is 24.5. The van der Waals surface area contributed by atoms with Gasteiger partial charge in [-0.2, -0.15) is 0 Å². The van der Waals surface area contributed by atoms with E-state index in [1.807, 2.05) is 70.2 Å². The second-order valence-corrected chi connectivity index (χ2v) is 16.2. The van der Waals surface area contributed by atoms with Crippen LogP contribution in [0.3, 0.4) is 0 Å². The maximum atomic E-state index is 14.0. The van der Waals surface area contributed by atoms with E-state index >= 15 is 0 Å². The molecule has 5 rings (SSSR count). The smallest absolute Gasteiger partial charge is 0.412 e. The summed E-state index contributed by atoms with van der Waals surface area (Å²) in [4.78, 5) is 34.3. The van der Waals surface area contributed by atoms with Crippen molar-refractivity contribution in [2.45, 2.75) is 97.0 Å². The minimum Gasteiger partial charge on any atom is -0.459 e. The number of ether oxygens (including phenoxy) is 4. The Morgan fingerprint density at radius 1 is 1.07 bits per heavy atom. The van der Waals surface area contributed by atoms with Crippen LogP contribution in [0.2, 0.25) is 0 Å². The van der Waals surface area contributed by atoms with Crippen molar-refractivity contribution < 1.29 is 43.6 Å². The second kappa shape index (κ2) is 19.7. The minimum atomic E-state index is -1.42. The van der Waals surface area contributed by atoms with Crippen LogP contribution in [0.5, 0.6) is 11.5 Å². The third kappa shape index (κ3) is 10.1. The first-order valence-electron chi connectivity index (χ1n) is 20.1. The number of unbranched alkanes of at least 4 members (excludes halogenated alkanes) is 2. The Morgan fingerprint density at radius 3 is 2.48 bits per heavy atom. The van der Waals surface area contributed by atoms with Crippen molar-refractivity contribution >= 4 is 17.9 Å². The van der Waals surface area contributed by atoms with E-state index in [9.17, 15) is 19.8 Å². The van der Waals surface area contributed by atoms with Gasteiger partial charge in [0.15, 0.2) is 0 Å². The number of fused-ring (bicyclic) bond motifs is 2. The highest BCUT2D eigenvalue weighted by Gasteiger charge is 2.65. The summed E-state index contributed by atoms with van der Waals surface area (Å²) in [6, 6.07) is 14.5. The molecule has 2 amide bonds. The Morgan fingerprint density at radius 2 is 1.80 bits per heavy atom. The molecule has 0 aromatic heterocycles. The quantitative estimate of drug-likeness (QED) is 0.0786. The van der Waals surface area contributed by atoms with Gasteiger partial charge in [0.25, 0.3) is 0 Å². The van der Waals surface area contributed by atoms with Crippen LogP contribution in [-0.2, 0) is 20.9 Å². The van der Waals surface area contributed by atoms with Crippen molar-refractivity contribution in [2.75, 3.05) is 40.0 Å². The molecule has 3 aliphatic rings. The number of likely N-dealkylation sites (N-methyl/N-ethyl adjacent to an activating group) is 1. The number of aliphatic hydroxyl groups is 2. The van der Waals surface area contributed by atoms with Crippen LogP contribution in [0.1, 0.15) is 89.7 Å². The molecule has 3 N–H and O–H groups in total. The monoisotopic (exact) mass is 775 g/mol. The van der Waals surface area contributed by atoms with E-state index in [2.05, 4.69) is 18.0 Å². The third-order valence-corrected chi connectivity index (χ3v) is 10.8. The average Bonchev–Trinajstić information content (AvgIpc) is 3.17. The lowest BCUT2D eigenvalue weighted by molar-refractivity contribution is -0.253. The van der Waals surface area contributed by atoms with Gasteiger partial charge in [0, 0.05) is 44.7 Å². The van der Waals surface area contributed by atoms with Crippen LogP contribution >= 0.6 is 0 Å². The zero-order chi connectivity index (χ0) is 40.3. The third-order valence-electron chi connectivity index (χ3n) is 10.8. The molecule has 56 heavy (non-hydrogen) atoms. The molecule has 2 aromatic rings. The molecule has 0 saturated heterocycles. The SMILES string of the molecule is C=CCOC12Oc3ccc(OC(=O)NCC)cc3C3C(CCCCO)C(CCCCO)C=C(C(=NOCc4ccccc4)CC1N(C)C(=O)OCC(C)(C)C)C32. The number of carbonyl (C=O) groups excluding carboxylic acids is 2. The van der Waals surface area contributed by atoms with E-state index < -0.39 is 29.9 Å². The molecule has 1 fully saturated rings. The van der Waals surface area contributed by atoms with Crippen LogP contribution in [0.25, 0.3) is 0 Å². The van der Waals surface area contributed by atoms with Gasteiger partial charge >= 0.3 is 12.2 Å². The van der Waals surface area contributed by atoms with Crippen molar-refractivity contribution in [3.8, 4) is 11.5 Å². The summed E-state index contributed by atoms with van der Waals surface area (Å²) < 4.78 is 25.7. The molecule has 6 atom stereocenters. The van der Waals surface area contributed by atoms with Crippen LogP contribution in [0.15, 0.2) is 78.0 Å². The van der Waals surface area contributed by atoms with E-state index in [1.165, 1.54) is 0 Å². The Labute approximate surface area is 331 Å². The molecule has 0 bridgehead atoms. The van der Waals surface area contributed by atoms with Gasteiger partial charge in [-0.1, -0.05) is 81.3 Å². The van der Waals surface area contributed by atoms with Crippen LogP contribution in [0, 0.1) is 23.2 Å². The lowest BCUT2D eigenvalue weighted by Crippen LogP contribution is -2.69. The molecule has 2 aromatic carbocycles. The predicted octanol–water partition coefficient (Wildman–Crippen LogP) is 7.74. The summed E-state index contributed by atoms with van der Waals surface area (Å²) in [5.74, 6) is -1.18. The molecule has 306 valence electrons. The average molecular weight is 776 g/mol. The highest BCUT2D eigenvalue weighted by atomic mass is 16.7. The molecule has 6 unspecified atom stereocenters. The lowest BCUT2D eigenvalue weighted by atomic mass is 9.55. The molecular weight excluding hydrogens is 714 g/mol. The molecule has 12 nitrogen and oxygen atoms in total. The molecule has 1 heterocycles. The Kier molecular flexibility index (Phi) is 15.0. The van der Waals surface area contributed by atoms with Crippen molar-refractivity contribution in [1.29, 1.82) is 0 Å². The zero-order valence-electron chi connectivity index (χ0n) is 33.7. The maximum Gasteiger partial charge on any atom is 0.412 e. The van der Waals surface area contributed by atoms with Gasteiger partial charge in [-0.3, -0.25) is 0 Å². The first-order valence-corrected chi connectivity index (χ1v) is 20.1. The van der Waals surface area contributed by atoms with Crippen molar-refractivity contribution in [1.82, 2.24) is 10.2 Å². The maximum absolute atomic E-state index is 14.0. The highest BCUT2D eigenvalue weighted by molar-refractivity contribution is 6.03. The molecule has 12 heteroatoms. The van der Waals surface area contributed by atoms with E-state index in [0.717, 1.165) is 42.4 Å². The summed E-state index contributed by atoms with van der Waals surface area (Å²) in [5.41, 5.74) is 3.14. The molecular formula is C44H61N3O9. The van der Waals surface area contributed by atoms with Gasteiger partial charge < -0.3 is 44.2 Å². The number of aliphatic hydroxyl groups excluding tert-OH is 2. The summed E-state index contributed by atoms with van der Waals surface area (Å²) in [7, 11) is 1.71. The van der Waals surface area contributed by atoms with Crippen LogP contribution < -0.4 is 14.8 Å². The van der Waals surface area contributed by atoms with Gasteiger partial charge in [0.1, 0.15) is 24.1 Å². The summed E-state index contributed by atoms with van der Waals surface area (Å²) in [6.07, 6.45) is 7.61. The number of nitrogens with zero attached hydrogens (tertiary/aromatic N) is 2. The summed E-state index contributed by atoms with van der Waals surface area (Å²) in [6.45, 7) is 13.0.